The Morgan fingerprint density at radius 1 is 1.35 bits per heavy atom. The van der Waals surface area contributed by atoms with Crippen molar-refractivity contribution in [1.82, 2.24) is 0 Å². The van der Waals surface area contributed by atoms with Gasteiger partial charge < -0.3 is 20.9 Å². The molecular weight excluding hydrogens is 312 g/mol. The van der Waals surface area contributed by atoms with Gasteiger partial charge in [-0.3, -0.25) is 0 Å². The Morgan fingerprint density at radius 2 is 2.13 bits per heavy atom. The minimum Gasteiger partial charge on any atom is -0.496 e. The van der Waals surface area contributed by atoms with Crippen LogP contribution in [0.5, 0.6) is 5.75 Å². The van der Waals surface area contributed by atoms with E-state index in [0.29, 0.717) is 18.0 Å². The van der Waals surface area contributed by atoms with Crippen molar-refractivity contribution < 1.29 is 14.6 Å². The van der Waals surface area contributed by atoms with E-state index in [2.05, 4.69) is 17.9 Å². The quantitative estimate of drug-likeness (QED) is 0.586. The first-order valence-electron chi connectivity index (χ1n) is 7.17. The molecule has 0 unspecified atom stereocenters. The first-order chi connectivity index (χ1) is 11.0. The van der Waals surface area contributed by atoms with Crippen molar-refractivity contribution >= 4 is 24.3 Å². The molecule has 0 spiro atoms. The summed E-state index contributed by atoms with van der Waals surface area (Å²) in [5, 5.41) is 12.3. The highest BCUT2D eigenvalue weighted by Gasteiger charge is 2.10. The number of nitrogens with one attached hydrogen (secondary N) is 1. The van der Waals surface area contributed by atoms with E-state index in [-0.39, 0.29) is 11.6 Å². The number of hydrogen-bond donors (Lipinski definition) is 4. The van der Waals surface area contributed by atoms with Crippen LogP contribution < -0.4 is 15.8 Å². The Kier molecular flexibility index (Phi) is 5.90. The monoisotopic (exact) mass is 332 g/mol. The Morgan fingerprint density at radius 3 is 2.78 bits per heavy atom. The summed E-state index contributed by atoms with van der Waals surface area (Å²) in [5.41, 5.74) is 8.59. The van der Waals surface area contributed by atoms with E-state index in [1.165, 1.54) is 0 Å². The van der Waals surface area contributed by atoms with Gasteiger partial charge in [0.2, 0.25) is 0 Å². The third-order valence-electron chi connectivity index (χ3n) is 3.42. The lowest BCUT2D eigenvalue weighted by Crippen LogP contribution is -2.30. The lowest BCUT2D eigenvalue weighted by Gasteiger charge is -2.14. The number of carbonyl (C=O) groups is 1. The van der Waals surface area contributed by atoms with Crippen molar-refractivity contribution in [3.63, 3.8) is 0 Å². The van der Waals surface area contributed by atoms with Gasteiger partial charge in [0.05, 0.1) is 12.7 Å². The Balaban J connectivity index is 2.29. The number of methoxy groups -OCH3 is 1. The first-order valence-corrected chi connectivity index (χ1v) is 7.80. The van der Waals surface area contributed by atoms with Crippen LogP contribution in [0.3, 0.4) is 0 Å². The molecule has 0 saturated carbocycles. The normalized spacial score (nSPS) is 11.8. The fourth-order valence-corrected chi connectivity index (χ4v) is 2.30. The summed E-state index contributed by atoms with van der Waals surface area (Å²) in [6.07, 6.45) is 0. The van der Waals surface area contributed by atoms with Gasteiger partial charge >= 0.3 is 5.97 Å². The Labute approximate surface area is 140 Å². The molecule has 1 atom stereocenters. The highest BCUT2D eigenvalue weighted by atomic mass is 32.1. The maximum atomic E-state index is 11.1. The van der Waals surface area contributed by atoms with Gasteiger partial charge in [0.1, 0.15) is 5.75 Å². The summed E-state index contributed by atoms with van der Waals surface area (Å²) in [5.74, 6) is 0.311. The summed E-state index contributed by atoms with van der Waals surface area (Å²) < 4.78 is 5.44. The molecule has 2 rings (SSSR count). The molecule has 0 radical (unpaired) electrons. The minimum atomic E-state index is -0.954. The number of aromatic carboxylic acids is 1. The summed E-state index contributed by atoms with van der Waals surface area (Å²) in [6.45, 7) is 0.612. The average molecular weight is 332 g/mol. The molecule has 0 amide bonds. The standard InChI is InChI=1S/C17H20N2O3S/c1-22-16-8-14(19-9-13(18)10-23)5-6-15(16)11-3-2-4-12(7-11)17(20)21/h2-8,13,19,23H,9-10,18H2,1H3,(H,20,21)/t13-/m1/s1. The van der Waals surface area contributed by atoms with Crippen LogP contribution in [-0.2, 0) is 0 Å². The molecule has 0 bridgehead atoms. The number of rotatable bonds is 7. The predicted molar refractivity (Wildman–Crippen MR) is 95.7 cm³/mol. The van der Waals surface area contributed by atoms with E-state index >= 15 is 0 Å². The zero-order valence-electron chi connectivity index (χ0n) is 12.8. The number of carboxylic acid groups (broad SMARTS) is 1. The maximum absolute atomic E-state index is 11.1. The van der Waals surface area contributed by atoms with Crippen LogP contribution in [0.1, 0.15) is 10.4 Å². The molecule has 0 aliphatic carbocycles. The zero-order valence-corrected chi connectivity index (χ0v) is 13.7. The molecule has 0 aromatic heterocycles. The number of hydrogen-bond acceptors (Lipinski definition) is 5. The lowest BCUT2D eigenvalue weighted by molar-refractivity contribution is 0.0697. The molecule has 2 aromatic carbocycles. The van der Waals surface area contributed by atoms with Gasteiger partial charge in [0, 0.05) is 35.7 Å². The van der Waals surface area contributed by atoms with Crippen molar-refractivity contribution in [2.75, 3.05) is 24.7 Å². The van der Waals surface area contributed by atoms with Crippen LogP contribution in [0.2, 0.25) is 0 Å². The van der Waals surface area contributed by atoms with Gasteiger partial charge in [-0.25, -0.2) is 4.79 Å². The van der Waals surface area contributed by atoms with E-state index in [9.17, 15) is 4.79 Å². The lowest BCUT2D eigenvalue weighted by atomic mass is 10.0. The second kappa shape index (κ2) is 7.89. The second-order valence-corrected chi connectivity index (χ2v) is 5.49. The van der Waals surface area contributed by atoms with Crippen LogP contribution >= 0.6 is 12.6 Å². The van der Waals surface area contributed by atoms with Crippen LogP contribution in [0.15, 0.2) is 42.5 Å². The molecule has 2 aromatic rings. The topological polar surface area (TPSA) is 84.6 Å². The number of ether oxygens (including phenoxy) is 1. The summed E-state index contributed by atoms with van der Waals surface area (Å²) in [6, 6.07) is 12.4. The fraction of sp³-hybridized carbons (Fsp3) is 0.235. The molecule has 5 nitrogen and oxygen atoms in total. The SMILES string of the molecule is COc1cc(NC[C@@H](N)CS)ccc1-c1cccc(C(=O)O)c1. The second-order valence-electron chi connectivity index (χ2n) is 5.12. The van der Waals surface area contributed by atoms with Crippen molar-refractivity contribution in [3.05, 3.63) is 48.0 Å². The van der Waals surface area contributed by atoms with Gasteiger partial charge in [0.15, 0.2) is 0 Å². The molecule has 0 heterocycles. The number of carboxylic acids is 1. The van der Waals surface area contributed by atoms with Gasteiger partial charge in [-0.2, -0.15) is 12.6 Å². The van der Waals surface area contributed by atoms with Crippen molar-refractivity contribution in [2.45, 2.75) is 6.04 Å². The predicted octanol–water partition coefficient (Wildman–Crippen LogP) is 2.73. The molecule has 6 heteroatoms. The van der Waals surface area contributed by atoms with Crippen molar-refractivity contribution in [1.29, 1.82) is 0 Å². The highest BCUT2D eigenvalue weighted by molar-refractivity contribution is 7.80. The third-order valence-corrected chi connectivity index (χ3v) is 3.89. The van der Waals surface area contributed by atoms with Gasteiger partial charge in [0.25, 0.3) is 0 Å². The van der Waals surface area contributed by atoms with Crippen LogP contribution in [0.25, 0.3) is 11.1 Å². The zero-order chi connectivity index (χ0) is 16.8. The molecule has 122 valence electrons. The Hall–Kier alpha value is -2.18. The molecular formula is C17H20N2O3S. The molecule has 0 saturated heterocycles. The summed E-state index contributed by atoms with van der Waals surface area (Å²) >= 11 is 4.15. The molecule has 0 aliphatic rings. The molecule has 0 aliphatic heterocycles. The van der Waals surface area contributed by atoms with Gasteiger partial charge in [-0.05, 0) is 29.8 Å². The molecule has 23 heavy (non-hydrogen) atoms. The van der Waals surface area contributed by atoms with Gasteiger partial charge in [-0.15, -0.1) is 0 Å². The first kappa shape index (κ1) is 17.2. The van der Waals surface area contributed by atoms with Crippen LogP contribution in [-0.4, -0.2) is 36.5 Å². The van der Waals surface area contributed by atoms with Crippen molar-refractivity contribution in [2.24, 2.45) is 5.73 Å². The van der Waals surface area contributed by atoms with Gasteiger partial charge in [-0.1, -0.05) is 12.1 Å². The minimum absolute atomic E-state index is 0.0312. The number of nitrogens with two attached hydrogens (primary N) is 1. The van der Waals surface area contributed by atoms with E-state index < -0.39 is 5.97 Å². The largest absolute Gasteiger partial charge is 0.496 e. The van der Waals surface area contributed by atoms with E-state index in [1.807, 2.05) is 24.3 Å². The van der Waals surface area contributed by atoms with E-state index in [0.717, 1.165) is 16.8 Å². The number of thiol groups is 1. The number of benzene rings is 2. The van der Waals surface area contributed by atoms with E-state index in [4.69, 9.17) is 15.6 Å². The maximum Gasteiger partial charge on any atom is 0.335 e. The summed E-state index contributed by atoms with van der Waals surface area (Å²) in [4.78, 5) is 11.1. The average Bonchev–Trinajstić information content (AvgIpc) is 2.59. The molecule has 0 fully saturated rings. The van der Waals surface area contributed by atoms with Crippen molar-refractivity contribution in [3.8, 4) is 16.9 Å². The molecule has 4 N–H and O–H groups in total. The third kappa shape index (κ3) is 4.40. The highest BCUT2D eigenvalue weighted by Crippen LogP contribution is 2.32. The Bertz CT molecular complexity index is 691. The van der Waals surface area contributed by atoms with Crippen LogP contribution in [0.4, 0.5) is 5.69 Å². The smallest absolute Gasteiger partial charge is 0.335 e. The van der Waals surface area contributed by atoms with E-state index in [1.54, 1.807) is 25.3 Å². The number of anilines is 1. The van der Waals surface area contributed by atoms with Crippen LogP contribution in [0, 0.1) is 0 Å². The summed E-state index contributed by atoms with van der Waals surface area (Å²) in [7, 11) is 1.59. The fourth-order valence-electron chi connectivity index (χ4n) is 2.17.